The fourth-order valence-electron chi connectivity index (χ4n) is 2.54. The number of amides is 1. The highest BCUT2D eigenvalue weighted by Crippen LogP contribution is 2.22. The van der Waals surface area contributed by atoms with Crippen LogP contribution in [0.4, 0.5) is 0 Å². The molecule has 0 atom stereocenters. The Labute approximate surface area is 168 Å². The summed E-state index contributed by atoms with van der Waals surface area (Å²) in [5, 5.41) is 0.798. The summed E-state index contributed by atoms with van der Waals surface area (Å²) in [4.78, 5) is 18.4. The van der Waals surface area contributed by atoms with Gasteiger partial charge in [-0.1, -0.05) is 12.1 Å². The van der Waals surface area contributed by atoms with Gasteiger partial charge in [-0.05, 0) is 43.3 Å². The summed E-state index contributed by atoms with van der Waals surface area (Å²) in [5.74, 6) is 0.252. The smallest absolute Gasteiger partial charge is 0.241 e. The summed E-state index contributed by atoms with van der Waals surface area (Å²) >= 11 is 1.51. The van der Waals surface area contributed by atoms with E-state index < -0.39 is 10.0 Å². The zero-order valence-electron chi connectivity index (χ0n) is 15.6. The number of likely N-dealkylation sites (N-methyl/N-ethyl adjacent to an activating group) is 1. The van der Waals surface area contributed by atoms with Crippen molar-refractivity contribution < 1.29 is 17.9 Å². The van der Waals surface area contributed by atoms with Crippen molar-refractivity contribution in [1.29, 1.82) is 0 Å². The quantitative estimate of drug-likeness (QED) is 0.606. The third-order valence-corrected chi connectivity index (χ3v) is 6.43. The monoisotopic (exact) mass is 419 g/mol. The van der Waals surface area contributed by atoms with E-state index in [9.17, 15) is 13.2 Å². The Morgan fingerprint density at radius 1 is 1.18 bits per heavy atom. The highest BCUT2D eigenvalue weighted by atomic mass is 32.2. The van der Waals surface area contributed by atoms with Gasteiger partial charge in [0, 0.05) is 7.05 Å². The van der Waals surface area contributed by atoms with Crippen LogP contribution in [0, 0.1) is 0 Å². The lowest BCUT2D eigenvalue weighted by Gasteiger charge is -2.16. The van der Waals surface area contributed by atoms with Crippen molar-refractivity contribution in [2.75, 3.05) is 20.2 Å². The predicted octanol–water partition coefficient (Wildman–Crippen LogP) is 2.63. The molecule has 0 fully saturated rings. The number of thiazole rings is 1. The van der Waals surface area contributed by atoms with Crippen LogP contribution in [0.1, 0.15) is 11.9 Å². The summed E-state index contributed by atoms with van der Waals surface area (Å²) in [5.41, 5.74) is 0.888. The van der Waals surface area contributed by atoms with Crippen molar-refractivity contribution in [3.63, 3.8) is 0 Å². The van der Waals surface area contributed by atoms with Crippen molar-refractivity contribution in [2.24, 2.45) is 0 Å². The van der Waals surface area contributed by atoms with Gasteiger partial charge in [0.1, 0.15) is 10.8 Å². The van der Waals surface area contributed by atoms with E-state index in [0.717, 1.165) is 15.2 Å². The van der Waals surface area contributed by atoms with E-state index in [1.54, 1.807) is 19.2 Å². The Morgan fingerprint density at radius 2 is 1.89 bits per heavy atom. The minimum atomic E-state index is -3.78. The molecule has 0 bridgehead atoms. The second-order valence-corrected chi connectivity index (χ2v) is 8.94. The van der Waals surface area contributed by atoms with Crippen molar-refractivity contribution in [3.8, 4) is 5.75 Å². The largest absolute Gasteiger partial charge is 0.494 e. The molecule has 2 aromatic carbocycles. The zero-order chi connectivity index (χ0) is 20.1. The number of carbonyl (C=O) groups excluding carboxylic acids is 1. The molecule has 0 saturated carbocycles. The van der Waals surface area contributed by atoms with Crippen molar-refractivity contribution >= 4 is 37.5 Å². The molecular weight excluding hydrogens is 398 g/mol. The maximum absolute atomic E-state index is 12.4. The molecule has 28 heavy (non-hydrogen) atoms. The average Bonchev–Trinajstić information content (AvgIpc) is 3.09. The molecule has 3 rings (SSSR count). The van der Waals surface area contributed by atoms with Gasteiger partial charge >= 0.3 is 0 Å². The third-order valence-electron chi connectivity index (χ3n) is 3.99. The highest BCUT2D eigenvalue weighted by molar-refractivity contribution is 7.89. The molecule has 0 saturated heterocycles. The van der Waals surface area contributed by atoms with E-state index in [4.69, 9.17) is 4.74 Å². The zero-order valence-corrected chi connectivity index (χ0v) is 17.2. The van der Waals surface area contributed by atoms with Crippen LogP contribution < -0.4 is 9.46 Å². The van der Waals surface area contributed by atoms with Gasteiger partial charge in [0.2, 0.25) is 15.9 Å². The van der Waals surface area contributed by atoms with Gasteiger partial charge in [-0.3, -0.25) is 4.79 Å². The van der Waals surface area contributed by atoms with Crippen LogP contribution in [0.2, 0.25) is 0 Å². The van der Waals surface area contributed by atoms with Crippen LogP contribution in [0.3, 0.4) is 0 Å². The topological polar surface area (TPSA) is 88.6 Å². The number of benzene rings is 2. The van der Waals surface area contributed by atoms with E-state index >= 15 is 0 Å². The van der Waals surface area contributed by atoms with Gasteiger partial charge in [-0.25, -0.2) is 18.1 Å². The number of hydrogen-bond acceptors (Lipinski definition) is 6. The summed E-state index contributed by atoms with van der Waals surface area (Å²) in [6.07, 6.45) is 0. The Morgan fingerprint density at radius 3 is 2.57 bits per heavy atom. The molecular formula is C19H21N3O4S2. The van der Waals surface area contributed by atoms with E-state index in [0.29, 0.717) is 18.9 Å². The first-order valence-corrected chi connectivity index (χ1v) is 11.0. The van der Waals surface area contributed by atoms with Gasteiger partial charge < -0.3 is 9.64 Å². The van der Waals surface area contributed by atoms with E-state index in [1.807, 2.05) is 31.2 Å². The minimum absolute atomic E-state index is 0.0811. The molecule has 7 nitrogen and oxygen atoms in total. The molecule has 1 heterocycles. The molecule has 0 spiro atoms. The number of hydrogen-bond donors (Lipinski definition) is 1. The van der Waals surface area contributed by atoms with Gasteiger partial charge in [0.25, 0.3) is 0 Å². The summed E-state index contributed by atoms with van der Waals surface area (Å²) in [7, 11) is -2.16. The Balaban J connectivity index is 1.58. The lowest BCUT2D eigenvalue weighted by Crippen LogP contribution is -2.37. The van der Waals surface area contributed by atoms with Crippen LogP contribution >= 0.6 is 11.3 Å². The normalized spacial score (nSPS) is 11.5. The number of rotatable bonds is 8. The highest BCUT2D eigenvalue weighted by Gasteiger charge is 2.18. The molecule has 0 radical (unpaired) electrons. The van der Waals surface area contributed by atoms with Gasteiger partial charge in [-0.2, -0.15) is 0 Å². The molecule has 3 aromatic rings. The summed E-state index contributed by atoms with van der Waals surface area (Å²) in [6.45, 7) is 2.35. The Kier molecular flexibility index (Phi) is 6.28. The second-order valence-electron chi connectivity index (χ2n) is 6.05. The van der Waals surface area contributed by atoms with Crippen LogP contribution in [0.25, 0.3) is 10.2 Å². The lowest BCUT2D eigenvalue weighted by molar-refractivity contribution is -0.129. The van der Waals surface area contributed by atoms with Crippen molar-refractivity contribution in [3.05, 3.63) is 53.5 Å². The standard InChI is InChI=1S/C19H21N3O4S2/c1-3-26-14-8-10-15(11-9-14)28(24,25)20-12-19(23)22(2)13-18-21-16-6-4-5-7-17(16)27-18/h4-11,20H,3,12-13H2,1-2H3. The number of ether oxygens (including phenoxy) is 1. The minimum Gasteiger partial charge on any atom is -0.494 e. The molecule has 1 aromatic heterocycles. The van der Waals surface area contributed by atoms with Gasteiger partial charge in [-0.15, -0.1) is 11.3 Å². The van der Waals surface area contributed by atoms with Crippen LogP contribution in [-0.4, -0.2) is 44.4 Å². The fourth-order valence-corrected chi connectivity index (χ4v) is 4.53. The first kappa shape index (κ1) is 20.2. The number of para-hydroxylation sites is 1. The van der Waals surface area contributed by atoms with Gasteiger partial charge in [0.15, 0.2) is 0 Å². The first-order valence-electron chi connectivity index (χ1n) is 8.70. The van der Waals surface area contributed by atoms with E-state index in [2.05, 4.69) is 9.71 Å². The number of carbonyl (C=O) groups is 1. The molecule has 0 aliphatic heterocycles. The third kappa shape index (κ3) is 4.86. The van der Waals surface area contributed by atoms with E-state index in [-0.39, 0.29) is 17.3 Å². The Bertz CT molecular complexity index is 1030. The maximum Gasteiger partial charge on any atom is 0.241 e. The molecule has 0 aliphatic carbocycles. The average molecular weight is 420 g/mol. The van der Waals surface area contributed by atoms with Crippen molar-refractivity contribution in [2.45, 2.75) is 18.4 Å². The SMILES string of the molecule is CCOc1ccc(S(=O)(=O)NCC(=O)N(C)Cc2nc3ccccc3s2)cc1. The van der Waals surface area contributed by atoms with Crippen LogP contribution in [0.5, 0.6) is 5.75 Å². The maximum atomic E-state index is 12.4. The molecule has 0 unspecified atom stereocenters. The molecule has 0 aliphatic rings. The predicted molar refractivity (Wildman–Crippen MR) is 109 cm³/mol. The first-order chi connectivity index (χ1) is 13.4. The van der Waals surface area contributed by atoms with Crippen LogP contribution in [-0.2, 0) is 21.4 Å². The molecule has 1 amide bonds. The molecule has 1 N–H and O–H groups in total. The van der Waals surface area contributed by atoms with Crippen molar-refractivity contribution in [1.82, 2.24) is 14.6 Å². The number of nitrogens with zero attached hydrogens (tertiary/aromatic N) is 2. The van der Waals surface area contributed by atoms with Crippen LogP contribution in [0.15, 0.2) is 53.4 Å². The number of nitrogens with one attached hydrogen (secondary N) is 1. The summed E-state index contributed by atoms with van der Waals surface area (Å²) < 4.78 is 33.4. The summed E-state index contributed by atoms with van der Waals surface area (Å²) in [6, 6.07) is 13.8. The van der Waals surface area contributed by atoms with Gasteiger partial charge in [0.05, 0.1) is 34.8 Å². The fraction of sp³-hybridized carbons (Fsp3) is 0.263. The molecule has 9 heteroatoms. The number of aromatic nitrogens is 1. The number of sulfonamides is 1. The van der Waals surface area contributed by atoms with E-state index in [1.165, 1.54) is 28.4 Å². The Hall–Kier alpha value is -2.49. The molecule has 148 valence electrons. The lowest BCUT2D eigenvalue weighted by atomic mass is 10.3. The second kappa shape index (κ2) is 8.68. The number of fused-ring (bicyclic) bond motifs is 1.